The molecule has 0 aromatic carbocycles. The number of aromatic nitrogens is 1. The van der Waals surface area contributed by atoms with Gasteiger partial charge in [0.1, 0.15) is 6.61 Å². The normalized spacial score (nSPS) is 21.3. The van der Waals surface area contributed by atoms with Crippen LogP contribution in [0.4, 0.5) is 5.69 Å². The Hall–Kier alpha value is -1.76. The molecular weight excluding hydrogens is 322 g/mol. The summed E-state index contributed by atoms with van der Waals surface area (Å²) >= 11 is 1.81. The van der Waals surface area contributed by atoms with Crippen molar-refractivity contribution >= 4 is 22.9 Å². The molecule has 0 atom stereocenters. The van der Waals surface area contributed by atoms with Crippen LogP contribution in [-0.4, -0.2) is 47.6 Å². The molecule has 126 valence electrons. The van der Waals surface area contributed by atoms with Crippen molar-refractivity contribution in [2.24, 2.45) is 0 Å². The zero-order chi connectivity index (χ0) is 16.4. The lowest BCUT2D eigenvalue weighted by molar-refractivity contribution is -0.144. The highest BCUT2D eigenvalue weighted by molar-refractivity contribution is 7.09. The number of piperidine rings is 1. The van der Waals surface area contributed by atoms with E-state index in [-0.39, 0.29) is 18.1 Å². The van der Waals surface area contributed by atoms with Gasteiger partial charge in [0.05, 0.1) is 24.0 Å². The van der Waals surface area contributed by atoms with Crippen LogP contribution in [0.15, 0.2) is 42.0 Å². The van der Waals surface area contributed by atoms with Gasteiger partial charge in [-0.1, -0.05) is 6.07 Å². The van der Waals surface area contributed by atoms with E-state index in [2.05, 4.69) is 27.4 Å². The van der Waals surface area contributed by atoms with Crippen LogP contribution in [0.5, 0.6) is 0 Å². The summed E-state index contributed by atoms with van der Waals surface area (Å²) in [5.74, 6) is 0.0228. The number of anilines is 1. The molecule has 2 aliphatic heterocycles. The first-order valence-corrected chi connectivity index (χ1v) is 9.21. The summed E-state index contributed by atoms with van der Waals surface area (Å²) in [7, 11) is 0. The lowest BCUT2D eigenvalue weighted by Gasteiger charge is -2.46. The molecule has 0 saturated carbocycles. The first-order chi connectivity index (χ1) is 11.7. The van der Waals surface area contributed by atoms with E-state index < -0.39 is 0 Å². The van der Waals surface area contributed by atoms with Gasteiger partial charge in [0.2, 0.25) is 0 Å². The van der Waals surface area contributed by atoms with Gasteiger partial charge < -0.3 is 9.64 Å². The SMILES string of the molecule is O=C1COC2(CCN(Cc3cccs3)CC2)CN1c1cccnc1. The molecule has 0 radical (unpaired) electrons. The Morgan fingerprint density at radius 3 is 2.83 bits per heavy atom. The highest BCUT2D eigenvalue weighted by Crippen LogP contribution is 2.33. The Labute approximate surface area is 145 Å². The van der Waals surface area contributed by atoms with Gasteiger partial charge in [0, 0.05) is 30.7 Å². The zero-order valence-electron chi connectivity index (χ0n) is 13.6. The van der Waals surface area contributed by atoms with E-state index in [1.54, 1.807) is 12.4 Å². The van der Waals surface area contributed by atoms with E-state index >= 15 is 0 Å². The van der Waals surface area contributed by atoms with Crippen LogP contribution in [0, 0.1) is 0 Å². The van der Waals surface area contributed by atoms with Crippen LogP contribution in [-0.2, 0) is 16.1 Å². The molecule has 1 amide bonds. The molecule has 0 aliphatic carbocycles. The van der Waals surface area contributed by atoms with E-state index in [1.807, 2.05) is 28.4 Å². The predicted octanol–water partition coefficient (Wildman–Crippen LogP) is 2.54. The topological polar surface area (TPSA) is 45.7 Å². The Kier molecular flexibility index (Phi) is 4.35. The summed E-state index contributed by atoms with van der Waals surface area (Å²) in [5, 5.41) is 2.13. The monoisotopic (exact) mass is 343 g/mol. The van der Waals surface area contributed by atoms with Crippen LogP contribution in [0.1, 0.15) is 17.7 Å². The highest BCUT2D eigenvalue weighted by atomic mass is 32.1. The van der Waals surface area contributed by atoms with Crippen molar-refractivity contribution in [3.63, 3.8) is 0 Å². The lowest BCUT2D eigenvalue weighted by Crippen LogP contribution is -2.58. The molecule has 0 unspecified atom stereocenters. The van der Waals surface area contributed by atoms with Gasteiger partial charge in [-0.05, 0) is 36.4 Å². The van der Waals surface area contributed by atoms with E-state index in [4.69, 9.17) is 4.74 Å². The Morgan fingerprint density at radius 2 is 2.12 bits per heavy atom. The highest BCUT2D eigenvalue weighted by Gasteiger charge is 2.42. The van der Waals surface area contributed by atoms with Crippen molar-refractivity contribution in [1.29, 1.82) is 0 Å². The fraction of sp³-hybridized carbons (Fsp3) is 0.444. The molecule has 2 aromatic rings. The number of hydrogen-bond donors (Lipinski definition) is 0. The van der Waals surface area contributed by atoms with Crippen LogP contribution >= 0.6 is 11.3 Å². The second-order valence-electron chi connectivity index (χ2n) is 6.52. The molecule has 1 spiro atoms. The number of ether oxygens (including phenoxy) is 1. The van der Waals surface area contributed by atoms with E-state index in [1.165, 1.54) is 4.88 Å². The maximum absolute atomic E-state index is 12.3. The van der Waals surface area contributed by atoms with Gasteiger partial charge in [0.15, 0.2) is 0 Å². The molecule has 5 nitrogen and oxygen atoms in total. The Morgan fingerprint density at radius 1 is 1.25 bits per heavy atom. The van der Waals surface area contributed by atoms with E-state index in [9.17, 15) is 4.79 Å². The molecule has 24 heavy (non-hydrogen) atoms. The number of thiophene rings is 1. The third kappa shape index (κ3) is 3.22. The number of pyridine rings is 1. The summed E-state index contributed by atoms with van der Waals surface area (Å²) < 4.78 is 6.02. The number of nitrogens with zero attached hydrogens (tertiary/aromatic N) is 3. The zero-order valence-corrected chi connectivity index (χ0v) is 14.4. The average Bonchev–Trinajstić information content (AvgIpc) is 3.13. The number of rotatable bonds is 3. The van der Waals surface area contributed by atoms with Crippen LogP contribution in [0.25, 0.3) is 0 Å². The van der Waals surface area contributed by atoms with Gasteiger partial charge in [-0.3, -0.25) is 14.7 Å². The smallest absolute Gasteiger partial charge is 0.253 e. The minimum absolute atomic E-state index is 0.0228. The molecule has 4 heterocycles. The summed E-state index contributed by atoms with van der Waals surface area (Å²) in [6, 6.07) is 8.10. The predicted molar refractivity (Wildman–Crippen MR) is 94.1 cm³/mol. The third-order valence-corrected chi connectivity index (χ3v) is 5.79. The van der Waals surface area contributed by atoms with Gasteiger partial charge in [-0.2, -0.15) is 0 Å². The van der Waals surface area contributed by atoms with Crippen molar-refractivity contribution in [1.82, 2.24) is 9.88 Å². The van der Waals surface area contributed by atoms with Crippen LogP contribution in [0.3, 0.4) is 0 Å². The summed E-state index contributed by atoms with van der Waals surface area (Å²) in [4.78, 5) is 22.1. The molecule has 2 aromatic heterocycles. The largest absolute Gasteiger partial charge is 0.363 e. The molecular formula is C18H21N3O2S. The molecule has 0 N–H and O–H groups in total. The van der Waals surface area contributed by atoms with Gasteiger partial charge in [0.25, 0.3) is 5.91 Å². The summed E-state index contributed by atoms with van der Waals surface area (Å²) in [6.45, 7) is 3.82. The van der Waals surface area contributed by atoms with E-state index in [0.29, 0.717) is 6.54 Å². The minimum Gasteiger partial charge on any atom is -0.363 e. The number of carbonyl (C=O) groups excluding carboxylic acids is 1. The molecule has 2 aliphatic rings. The fourth-order valence-electron chi connectivity index (χ4n) is 3.51. The number of amides is 1. The molecule has 0 bridgehead atoms. The molecule has 2 saturated heterocycles. The first-order valence-electron chi connectivity index (χ1n) is 8.33. The van der Waals surface area contributed by atoms with Crippen LogP contribution < -0.4 is 4.90 Å². The number of carbonyl (C=O) groups is 1. The minimum atomic E-state index is -0.213. The van der Waals surface area contributed by atoms with Gasteiger partial charge >= 0.3 is 0 Å². The molecule has 2 fully saturated rings. The van der Waals surface area contributed by atoms with Crippen molar-refractivity contribution in [2.75, 3.05) is 31.1 Å². The maximum Gasteiger partial charge on any atom is 0.253 e. The van der Waals surface area contributed by atoms with Gasteiger partial charge in [-0.25, -0.2) is 0 Å². The van der Waals surface area contributed by atoms with Crippen LogP contribution in [0.2, 0.25) is 0 Å². The van der Waals surface area contributed by atoms with Crippen molar-refractivity contribution < 1.29 is 9.53 Å². The first kappa shape index (κ1) is 15.7. The van der Waals surface area contributed by atoms with Crippen molar-refractivity contribution in [3.8, 4) is 0 Å². The van der Waals surface area contributed by atoms with Crippen molar-refractivity contribution in [2.45, 2.75) is 25.0 Å². The summed E-state index contributed by atoms with van der Waals surface area (Å²) in [5.41, 5.74) is 0.654. The number of hydrogen-bond acceptors (Lipinski definition) is 5. The second-order valence-corrected chi connectivity index (χ2v) is 7.55. The molecule has 4 rings (SSSR count). The lowest BCUT2D eigenvalue weighted by atomic mass is 9.89. The van der Waals surface area contributed by atoms with Crippen molar-refractivity contribution in [3.05, 3.63) is 46.9 Å². The number of likely N-dealkylation sites (tertiary alicyclic amines) is 1. The quantitative estimate of drug-likeness (QED) is 0.859. The molecule has 6 heteroatoms. The second kappa shape index (κ2) is 6.63. The van der Waals surface area contributed by atoms with E-state index in [0.717, 1.165) is 38.2 Å². The Bertz CT molecular complexity index is 682. The average molecular weight is 343 g/mol. The fourth-order valence-corrected chi connectivity index (χ4v) is 4.25. The number of morpholine rings is 1. The summed E-state index contributed by atoms with van der Waals surface area (Å²) in [6.07, 6.45) is 5.40. The standard InChI is InChI=1S/C18H21N3O2S/c22-17-13-23-18(14-21(17)15-3-1-7-19-11-15)5-8-20(9-6-18)12-16-4-2-10-24-16/h1-4,7,10-11H,5-6,8-9,12-14H2. The maximum atomic E-state index is 12.3. The Balaban J connectivity index is 1.42. The third-order valence-electron chi connectivity index (χ3n) is 4.93. The van der Waals surface area contributed by atoms with Gasteiger partial charge in [-0.15, -0.1) is 11.3 Å².